The van der Waals surface area contributed by atoms with Crippen molar-refractivity contribution >= 4 is 5.91 Å². The van der Waals surface area contributed by atoms with E-state index in [9.17, 15) is 9.18 Å². The molecule has 3 nitrogen and oxygen atoms in total. The maximum atomic E-state index is 13.2. The largest absolute Gasteiger partial charge is 0.496 e. The number of carbonyl (C=O) groups excluding carboxylic acids is 1. The fourth-order valence-corrected chi connectivity index (χ4v) is 1.64. The Morgan fingerprint density at radius 1 is 1.44 bits per heavy atom. The van der Waals surface area contributed by atoms with Crippen LogP contribution in [0, 0.1) is 5.82 Å². The van der Waals surface area contributed by atoms with Gasteiger partial charge in [0.05, 0.1) is 13.2 Å². The molecule has 0 spiro atoms. The minimum atomic E-state index is -0.353. The van der Waals surface area contributed by atoms with E-state index in [1.54, 1.807) is 13.0 Å². The Kier molecular flexibility index (Phi) is 4.89. The Morgan fingerprint density at radius 2 is 2.11 bits per heavy atom. The van der Waals surface area contributed by atoms with Gasteiger partial charge in [-0.3, -0.25) is 4.79 Å². The molecular formula is C14H18FNO2. The Bertz CT molecular complexity index is 465. The fourth-order valence-electron chi connectivity index (χ4n) is 1.64. The van der Waals surface area contributed by atoms with E-state index in [0.29, 0.717) is 11.3 Å². The number of hydrogen-bond donors (Lipinski definition) is 1. The van der Waals surface area contributed by atoms with E-state index in [0.717, 1.165) is 5.57 Å². The summed E-state index contributed by atoms with van der Waals surface area (Å²) in [6, 6.07) is 3.92. The maximum Gasteiger partial charge on any atom is 0.244 e. The monoisotopic (exact) mass is 251 g/mol. The number of halogens is 1. The summed E-state index contributed by atoms with van der Waals surface area (Å²) >= 11 is 0. The summed E-state index contributed by atoms with van der Waals surface area (Å²) in [4.78, 5) is 11.6. The van der Waals surface area contributed by atoms with Crippen molar-refractivity contribution in [1.82, 2.24) is 5.32 Å². The number of nitrogens with one attached hydrogen (secondary N) is 1. The Morgan fingerprint density at radius 3 is 2.67 bits per heavy atom. The van der Waals surface area contributed by atoms with Crippen LogP contribution in [-0.2, 0) is 4.79 Å². The zero-order chi connectivity index (χ0) is 13.7. The second kappa shape index (κ2) is 6.19. The highest BCUT2D eigenvalue weighted by Crippen LogP contribution is 2.25. The standard InChI is InChI=1S/C14H18FNO2/c1-9(2)7-14(17)16-10(3)12-8-11(15)5-6-13(12)18-4/h5-8,10H,1-4H3,(H,16,17). The highest BCUT2D eigenvalue weighted by Gasteiger charge is 2.13. The molecule has 98 valence electrons. The van der Waals surface area contributed by atoms with Crippen LogP contribution in [0.1, 0.15) is 32.4 Å². The number of allylic oxidation sites excluding steroid dienone is 1. The minimum absolute atomic E-state index is 0.200. The molecule has 0 aliphatic carbocycles. The van der Waals surface area contributed by atoms with Crippen LogP contribution in [0.25, 0.3) is 0 Å². The highest BCUT2D eigenvalue weighted by molar-refractivity contribution is 5.88. The highest BCUT2D eigenvalue weighted by atomic mass is 19.1. The molecule has 1 rings (SSSR count). The summed E-state index contributed by atoms with van der Waals surface area (Å²) in [6.45, 7) is 5.47. The number of hydrogen-bond acceptors (Lipinski definition) is 2. The van der Waals surface area contributed by atoms with Crippen molar-refractivity contribution in [3.63, 3.8) is 0 Å². The van der Waals surface area contributed by atoms with Gasteiger partial charge in [0.1, 0.15) is 11.6 Å². The number of methoxy groups -OCH3 is 1. The molecule has 0 radical (unpaired) electrons. The molecule has 0 saturated carbocycles. The molecule has 0 aliphatic rings. The van der Waals surface area contributed by atoms with Crippen molar-refractivity contribution in [2.75, 3.05) is 7.11 Å². The lowest BCUT2D eigenvalue weighted by Gasteiger charge is -2.16. The van der Waals surface area contributed by atoms with Gasteiger partial charge in [0.25, 0.3) is 0 Å². The molecule has 0 bridgehead atoms. The third-order valence-electron chi connectivity index (χ3n) is 2.44. The number of ether oxygens (including phenoxy) is 1. The molecule has 0 fully saturated rings. The summed E-state index contributed by atoms with van der Waals surface area (Å²) in [7, 11) is 1.52. The van der Waals surface area contributed by atoms with Crippen molar-refractivity contribution in [1.29, 1.82) is 0 Å². The van der Waals surface area contributed by atoms with Crippen LogP contribution in [0.5, 0.6) is 5.75 Å². The molecule has 1 aromatic rings. The normalized spacial score (nSPS) is 11.6. The quantitative estimate of drug-likeness (QED) is 0.835. The van der Waals surface area contributed by atoms with E-state index in [-0.39, 0.29) is 17.8 Å². The van der Waals surface area contributed by atoms with Gasteiger partial charge in [-0.2, -0.15) is 0 Å². The first kappa shape index (κ1) is 14.2. The van der Waals surface area contributed by atoms with E-state index < -0.39 is 0 Å². The van der Waals surface area contributed by atoms with Crippen LogP contribution in [-0.4, -0.2) is 13.0 Å². The summed E-state index contributed by atoms with van der Waals surface area (Å²) < 4.78 is 18.4. The molecule has 0 aliphatic heterocycles. The van der Waals surface area contributed by atoms with Crippen LogP contribution in [0.3, 0.4) is 0 Å². The molecule has 1 aromatic carbocycles. The first-order valence-electron chi connectivity index (χ1n) is 5.73. The van der Waals surface area contributed by atoms with Gasteiger partial charge >= 0.3 is 0 Å². The van der Waals surface area contributed by atoms with Gasteiger partial charge in [0.2, 0.25) is 5.91 Å². The van der Waals surface area contributed by atoms with Crippen LogP contribution in [0.15, 0.2) is 29.8 Å². The number of rotatable bonds is 4. The zero-order valence-electron chi connectivity index (χ0n) is 11.1. The first-order valence-corrected chi connectivity index (χ1v) is 5.73. The van der Waals surface area contributed by atoms with Crippen LogP contribution >= 0.6 is 0 Å². The van der Waals surface area contributed by atoms with Crippen LogP contribution in [0.4, 0.5) is 4.39 Å². The molecule has 0 aromatic heterocycles. The summed E-state index contributed by atoms with van der Waals surface area (Å²) in [5.41, 5.74) is 1.53. The van der Waals surface area contributed by atoms with Crippen molar-refractivity contribution < 1.29 is 13.9 Å². The van der Waals surface area contributed by atoms with Crippen molar-refractivity contribution in [3.8, 4) is 5.75 Å². The lowest BCUT2D eigenvalue weighted by Crippen LogP contribution is -2.25. The summed E-state index contributed by atoms with van der Waals surface area (Å²) in [5, 5.41) is 2.77. The summed E-state index contributed by atoms with van der Waals surface area (Å²) in [5.74, 6) is 0.00401. The van der Waals surface area contributed by atoms with Gasteiger partial charge in [0, 0.05) is 11.6 Å². The van der Waals surface area contributed by atoms with Gasteiger partial charge < -0.3 is 10.1 Å². The lowest BCUT2D eigenvalue weighted by atomic mass is 10.1. The number of amides is 1. The van der Waals surface area contributed by atoms with E-state index in [1.165, 1.54) is 25.3 Å². The van der Waals surface area contributed by atoms with E-state index in [1.807, 2.05) is 13.8 Å². The minimum Gasteiger partial charge on any atom is -0.496 e. The second-order valence-corrected chi connectivity index (χ2v) is 4.34. The van der Waals surface area contributed by atoms with Gasteiger partial charge in [-0.05, 0) is 39.0 Å². The second-order valence-electron chi connectivity index (χ2n) is 4.34. The Balaban J connectivity index is 2.90. The third kappa shape index (κ3) is 3.87. The SMILES string of the molecule is COc1ccc(F)cc1C(C)NC(=O)C=C(C)C. The summed E-state index contributed by atoms with van der Waals surface area (Å²) in [6.07, 6.45) is 1.50. The molecule has 0 saturated heterocycles. The average Bonchev–Trinajstić information content (AvgIpc) is 2.27. The lowest BCUT2D eigenvalue weighted by molar-refractivity contribution is -0.117. The van der Waals surface area contributed by atoms with Crippen LogP contribution < -0.4 is 10.1 Å². The van der Waals surface area contributed by atoms with E-state index in [4.69, 9.17) is 4.74 Å². The molecule has 1 N–H and O–H groups in total. The molecular weight excluding hydrogens is 233 g/mol. The van der Waals surface area contributed by atoms with Crippen molar-refractivity contribution in [2.45, 2.75) is 26.8 Å². The average molecular weight is 251 g/mol. The van der Waals surface area contributed by atoms with Crippen molar-refractivity contribution in [2.24, 2.45) is 0 Å². The topological polar surface area (TPSA) is 38.3 Å². The predicted molar refractivity (Wildman–Crippen MR) is 68.9 cm³/mol. The predicted octanol–water partition coefficient (Wildman–Crippen LogP) is 2.98. The van der Waals surface area contributed by atoms with Gasteiger partial charge in [-0.1, -0.05) is 5.57 Å². The number of carbonyl (C=O) groups is 1. The molecule has 1 atom stereocenters. The van der Waals surface area contributed by atoms with Gasteiger partial charge in [-0.15, -0.1) is 0 Å². The molecule has 4 heteroatoms. The smallest absolute Gasteiger partial charge is 0.244 e. The van der Waals surface area contributed by atoms with Gasteiger partial charge in [-0.25, -0.2) is 4.39 Å². The number of benzene rings is 1. The molecule has 18 heavy (non-hydrogen) atoms. The van der Waals surface area contributed by atoms with Crippen LogP contribution in [0.2, 0.25) is 0 Å². The Hall–Kier alpha value is -1.84. The Labute approximate surface area is 107 Å². The van der Waals surface area contributed by atoms with Crippen molar-refractivity contribution in [3.05, 3.63) is 41.2 Å². The molecule has 1 unspecified atom stereocenters. The fraction of sp³-hybridized carbons (Fsp3) is 0.357. The first-order chi connectivity index (χ1) is 8.43. The van der Waals surface area contributed by atoms with E-state index >= 15 is 0 Å². The zero-order valence-corrected chi connectivity index (χ0v) is 11.1. The van der Waals surface area contributed by atoms with E-state index in [2.05, 4.69) is 5.32 Å². The molecule has 0 heterocycles. The third-order valence-corrected chi connectivity index (χ3v) is 2.44. The molecule has 1 amide bonds. The van der Waals surface area contributed by atoms with Gasteiger partial charge in [0.15, 0.2) is 0 Å². The maximum absolute atomic E-state index is 13.2.